The van der Waals surface area contributed by atoms with Crippen LogP contribution in [0, 0.1) is 0 Å². The summed E-state index contributed by atoms with van der Waals surface area (Å²) in [4.78, 5) is 30.0. The molecule has 22 heavy (non-hydrogen) atoms. The van der Waals surface area contributed by atoms with Crippen molar-refractivity contribution in [2.75, 3.05) is 0 Å². The highest BCUT2D eigenvalue weighted by Gasteiger charge is 2.10. The minimum absolute atomic E-state index is 0.352. The van der Waals surface area contributed by atoms with Gasteiger partial charge >= 0.3 is 5.69 Å². The van der Waals surface area contributed by atoms with Crippen molar-refractivity contribution in [3.8, 4) is 0 Å². The molecule has 6 heteroatoms. The molecule has 0 saturated carbocycles. The van der Waals surface area contributed by atoms with Crippen LogP contribution in [0.1, 0.15) is 58.3 Å². The van der Waals surface area contributed by atoms with E-state index in [0.717, 1.165) is 19.4 Å². The fourth-order valence-corrected chi connectivity index (χ4v) is 2.77. The fraction of sp³-hybridized carbons (Fsp3) is 0.688. The van der Waals surface area contributed by atoms with Gasteiger partial charge in [0, 0.05) is 13.6 Å². The number of nitrogens with one attached hydrogen (secondary N) is 1. The normalized spacial score (nSPS) is 11.4. The molecule has 0 aliphatic heterocycles. The molecule has 6 nitrogen and oxygen atoms in total. The van der Waals surface area contributed by atoms with Gasteiger partial charge in [-0.25, -0.2) is 9.78 Å². The number of nitrogens with zero attached hydrogens (tertiary/aromatic N) is 3. The van der Waals surface area contributed by atoms with E-state index in [9.17, 15) is 9.59 Å². The molecule has 2 heterocycles. The maximum atomic E-state index is 11.9. The Hall–Kier alpha value is -1.85. The summed E-state index contributed by atoms with van der Waals surface area (Å²) in [5.41, 5.74) is 0.170. The van der Waals surface area contributed by atoms with Crippen molar-refractivity contribution in [1.82, 2.24) is 19.1 Å². The molecular formula is C16H26N4O2. The van der Waals surface area contributed by atoms with E-state index in [1.165, 1.54) is 43.1 Å². The molecule has 0 bridgehead atoms. The third-order valence-corrected chi connectivity index (χ3v) is 4.13. The highest BCUT2D eigenvalue weighted by atomic mass is 16.2. The number of hydrogen-bond acceptors (Lipinski definition) is 3. The van der Waals surface area contributed by atoms with E-state index in [1.807, 2.05) is 4.57 Å². The lowest BCUT2D eigenvalue weighted by atomic mass is 10.1. The summed E-state index contributed by atoms with van der Waals surface area (Å²) in [7, 11) is 1.62. The quantitative estimate of drug-likeness (QED) is 0.724. The molecule has 122 valence electrons. The molecule has 0 aromatic carbocycles. The molecule has 2 rings (SSSR count). The van der Waals surface area contributed by atoms with Gasteiger partial charge in [0.05, 0.1) is 6.33 Å². The number of fused-ring (bicyclic) bond motifs is 1. The Bertz CT molecular complexity index is 711. The van der Waals surface area contributed by atoms with E-state index in [2.05, 4.69) is 16.9 Å². The van der Waals surface area contributed by atoms with Crippen molar-refractivity contribution in [3.05, 3.63) is 27.2 Å². The summed E-state index contributed by atoms with van der Waals surface area (Å²) in [5.74, 6) is 0. The Labute approximate surface area is 130 Å². The molecule has 0 amide bonds. The second kappa shape index (κ2) is 7.96. The number of unbranched alkanes of at least 4 members (excludes halogenated alkanes) is 7. The number of rotatable bonds is 9. The number of aromatic nitrogens is 4. The van der Waals surface area contributed by atoms with Crippen LogP contribution in [0.5, 0.6) is 0 Å². The maximum Gasteiger partial charge on any atom is 0.329 e. The predicted molar refractivity (Wildman–Crippen MR) is 88.2 cm³/mol. The Morgan fingerprint density at radius 3 is 2.36 bits per heavy atom. The van der Waals surface area contributed by atoms with E-state index in [-0.39, 0.29) is 5.56 Å². The Balaban J connectivity index is 1.87. The number of hydrogen-bond donors (Lipinski definition) is 1. The second-order valence-electron chi connectivity index (χ2n) is 5.90. The first kappa shape index (κ1) is 16.5. The average molecular weight is 306 g/mol. The van der Waals surface area contributed by atoms with Crippen molar-refractivity contribution in [2.45, 2.75) is 64.8 Å². The highest BCUT2D eigenvalue weighted by Crippen LogP contribution is 2.11. The van der Waals surface area contributed by atoms with Gasteiger partial charge in [-0.1, -0.05) is 51.9 Å². The minimum atomic E-state index is -0.421. The first-order valence-corrected chi connectivity index (χ1v) is 8.29. The van der Waals surface area contributed by atoms with Gasteiger partial charge in [0.15, 0.2) is 11.2 Å². The molecule has 0 aliphatic rings. The number of aryl methyl sites for hydroxylation is 2. The standard InChI is InChI=1S/C16H26N4O2/c1-3-4-5-6-7-8-9-10-11-20-12-17-14-13(20)15(21)18-16(22)19(14)2/h12H,3-11H2,1-2H3,(H,18,21,22). The van der Waals surface area contributed by atoms with Crippen LogP contribution in [0.25, 0.3) is 11.2 Å². The zero-order valence-corrected chi connectivity index (χ0v) is 13.6. The van der Waals surface area contributed by atoms with Crippen molar-refractivity contribution < 1.29 is 0 Å². The summed E-state index contributed by atoms with van der Waals surface area (Å²) < 4.78 is 3.23. The topological polar surface area (TPSA) is 72.7 Å². The van der Waals surface area contributed by atoms with Crippen molar-refractivity contribution in [1.29, 1.82) is 0 Å². The van der Waals surface area contributed by atoms with Crippen LogP contribution in [-0.2, 0) is 13.6 Å². The molecule has 0 fully saturated rings. The lowest BCUT2D eigenvalue weighted by molar-refractivity contribution is 0.547. The smallest absolute Gasteiger partial charge is 0.325 e. The summed E-state index contributed by atoms with van der Waals surface area (Å²) in [6, 6.07) is 0. The molecule has 0 unspecified atom stereocenters. The molecule has 0 atom stereocenters. The third-order valence-electron chi connectivity index (χ3n) is 4.13. The molecule has 1 N–H and O–H groups in total. The molecule has 0 spiro atoms. The Morgan fingerprint density at radius 1 is 1.05 bits per heavy atom. The van der Waals surface area contributed by atoms with Crippen LogP contribution in [0.4, 0.5) is 0 Å². The molecule has 2 aromatic rings. The Morgan fingerprint density at radius 2 is 1.68 bits per heavy atom. The van der Waals surface area contributed by atoms with Gasteiger partial charge in [0.25, 0.3) is 5.56 Å². The SMILES string of the molecule is CCCCCCCCCCn1cnc2c1c(=O)[nH]c(=O)n2C. The van der Waals surface area contributed by atoms with Gasteiger partial charge in [-0.15, -0.1) is 0 Å². The van der Waals surface area contributed by atoms with Crippen LogP contribution in [0.2, 0.25) is 0 Å². The van der Waals surface area contributed by atoms with Crippen LogP contribution in [0.3, 0.4) is 0 Å². The predicted octanol–water partition coefficient (Wildman–Crippen LogP) is 2.56. The average Bonchev–Trinajstić information content (AvgIpc) is 2.92. The van der Waals surface area contributed by atoms with Crippen LogP contribution in [-0.4, -0.2) is 19.1 Å². The van der Waals surface area contributed by atoms with Crippen molar-refractivity contribution >= 4 is 11.2 Å². The fourth-order valence-electron chi connectivity index (χ4n) is 2.77. The molecule has 0 radical (unpaired) electrons. The lowest BCUT2D eigenvalue weighted by Gasteiger charge is -2.05. The van der Waals surface area contributed by atoms with E-state index >= 15 is 0 Å². The summed E-state index contributed by atoms with van der Waals surface area (Å²) >= 11 is 0. The van der Waals surface area contributed by atoms with E-state index < -0.39 is 5.69 Å². The van der Waals surface area contributed by atoms with Crippen LogP contribution in [0.15, 0.2) is 15.9 Å². The van der Waals surface area contributed by atoms with Crippen LogP contribution >= 0.6 is 0 Å². The monoisotopic (exact) mass is 306 g/mol. The highest BCUT2D eigenvalue weighted by molar-refractivity contribution is 5.69. The maximum absolute atomic E-state index is 11.9. The van der Waals surface area contributed by atoms with E-state index in [1.54, 1.807) is 13.4 Å². The summed E-state index contributed by atoms with van der Waals surface area (Å²) in [6.07, 6.45) is 11.7. The van der Waals surface area contributed by atoms with E-state index in [4.69, 9.17) is 0 Å². The zero-order chi connectivity index (χ0) is 15.9. The molecule has 2 aromatic heterocycles. The van der Waals surface area contributed by atoms with E-state index in [0.29, 0.717) is 11.2 Å². The summed E-state index contributed by atoms with van der Waals surface area (Å²) in [6.45, 7) is 3.00. The second-order valence-corrected chi connectivity index (χ2v) is 5.90. The zero-order valence-electron chi connectivity index (χ0n) is 13.6. The molecule has 0 aliphatic carbocycles. The minimum Gasteiger partial charge on any atom is -0.325 e. The van der Waals surface area contributed by atoms with Gasteiger partial charge in [-0.2, -0.15) is 0 Å². The van der Waals surface area contributed by atoms with Gasteiger partial charge in [-0.05, 0) is 6.42 Å². The first-order chi connectivity index (χ1) is 10.6. The van der Waals surface area contributed by atoms with Crippen LogP contribution < -0.4 is 11.2 Å². The van der Waals surface area contributed by atoms with Gasteiger partial charge in [0.1, 0.15) is 0 Å². The largest absolute Gasteiger partial charge is 0.329 e. The number of H-pyrrole nitrogens is 1. The van der Waals surface area contributed by atoms with Gasteiger partial charge in [0.2, 0.25) is 0 Å². The first-order valence-electron chi connectivity index (χ1n) is 8.29. The molecular weight excluding hydrogens is 280 g/mol. The number of imidazole rings is 1. The Kier molecular flexibility index (Phi) is 5.98. The third kappa shape index (κ3) is 3.87. The van der Waals surface area contributed by atoms with Crippen molar-refractivity contribution in [3.63, 3.8) is 0 Å². The summed E-state index contributed by atoms with van der Waals surface area (Å²) in [5, 5.41) is 0. The van der Waals surface area contributed by atoms with Gasteiger partial charge in [-0.3, -0.25) is 14.3 Å². The number of aromatic amines is 1. The van der Waals surface area contributed by atoms with Gasteiger partial charge < -0.3 is 4.57 Å². The van der Waals surface area contributed by atoms with Crippen molar-refractivity contribution in [2.24, 2.45) is 7.05 Å². The lowest BCUT2D eigenvalue weighted by Crippen LogP contribution is -2.29. The molecule has 0 saturated heterocycles.